The number of amides is 1. The molecule has 6 heteroatoms. The molecule has 120 valence electrons. The van der Waals surface area contributed by atoms with Crippen LogP contribution in [-0.2, 0) is 0 Å². The molecule has 1 saturated heterocycles. The standard InChI is InChI=1S/C17H19BrN4O/c1-12-11-13(18)5-6-14(12)20-17-19-8-7-15(21-17)16(23)22-9-3-2-4-10-22/h5-8,11H,2-4,9-10H2,1H3,(H,19,20,21). The van der Waals surface area contributed by atoms with Gasteiger partial charge in [-0.15, -0.1) is 0 Å². The van der Waals surface area contributed by atoms with E-state index in [0.29, 0.717) is 11.6 Å². The summed E-state index contributed by atoms with van der Waals surface area (Å²) in [7, 11) is 0. The average molecular weight is 375 g/mol. The molecule has 2 aromatic rings. The van der Waals surface area contributed by atoms with Crippen LogP contribution in [0.15, 0.2) is 34.9 Å². The van der Waals surface area contributed by atoms with Crippen molar-refractivity contribution in [3.8, 4) is 0 Å². The van der Waals surface area contributed by atoms with Crippen LogP contribution < -0.4 is 5.32 Å². The zero-order chi connectivity index (χ0) is 16.2. The molecule has 0 radical (unpaired) electrons. The fourth-order valence-corrected chi connectivity index (χ4v) is 3.16. The molecule has 0 unspecified atom stereocenters. The Labute approximate surface area is 144 Å². The van der Waals surface area contributed by atoms with Gasteiger partial charge in [0.2, 0.25) is 5.95 Å². The highest BCUT2D eigenvalue weighted by Crippen LogP contribution is 2.22. The zero-order valence-corrected chi connectivity index (χ0v) is 14.6. The monoisotopic (exact) mass is 374 g/mol. The van der Waals surface area contributed by atoms with Crippen molar-refractivity contribution in [1.82, 2.24) is 14.9 Å². The number of carbonyl (C=O) groups excluding carboxylic acids is 1. The predicted molar refractivity (Wildman–Crippen MR) is 93.9 cm³/mol. The SMILES string of the molecule is Cc1cc(Br)ccc1Nc1nccc(C(=O)N2CCCCC2)n1. The number of hydrogen-bond donors (Lipinski definition) is 1. The topological polar surface area (TPSA) is 58.1 Å². The summed E-state index contributed by atoms with van der Waals surface area (Å²) in [6.07, 6.45) is 4.96. The first kappa shape index (κ1) is 15.9. The molecule has 0 spiro atoms. The van der Waals surface area contributed by atoms with Crippen LogP contribution in [0.2, 0.25) is 0 Å². The fraction of sp³-hybridized carbons (Fsp3) is 0.353. The van der Waals surface area contributed by atoms with Crippen LogP contribution >= 0.6 is 15.9 Å². The van der Waals surface area contributed by atoms with Crippen LogP contribution in [0, 0.1) is 6.92 Å². The third kappa shape index (κ3) is 3.88. The Kier molecular flexibility index (Phi) is 4.91. The maximum atomic E-state index is 12.5. The van der Waals surface area contributed by atoms with E-state index in [1.54, 1.807) is 12.3 Å². The predicted octanol–water partition coefficient (Wildman–Crippen LogP) is 3.92. The van der Waals surface area contributed by atoms with Gasteiger partial charge in [-0.3, -0.25) is 4.79 Å². The molecule has 3 rings (SSSR count). The summed E-state index contributed by atoms with van der Waals surface area (Å²) < 4.78 is 1.02. The molecule has 1 aromatic heterocycles. The van der Waals surface area contributed by atoms with E-state index in [-0.39, 0.29) is 5.91 Å². The second-order valence-corrected chi connectivity index (χ2v) is 6.62. The van der Waals surface area contributed by atoms with Crippen molar-refractivity contribution in [3.63, 3.8) is 0 Å². The number of rotatable bonds is 3. The van der Waals surface area contributed by atoms with Crippen LogP contribution in [-0.4, -0.2) is 33.9 Å². The number of hydrogen-bond acceptors (Lipinski definition) is 4. The number of nitrogens with one attached hydrogen (secondary N) is 1. The quantitative estimate of drug-likeness (QED) is 0.884. The minimum absolute atomic E-state index is 0.0114. The number of likely N-dealkylation sites (tertiary alicyclic amines) is 1. The molecule has 1 N–H and O–H groups in total. The number of halogens is 1. The first-order valence-corrected chi connectivity index (χ1v) is 8.58. The first-order valence-electron chi connectivity index (χ1n) is 7.79. The number of carbonyl (C=O) groups is 1. The third-order valence-corrected chi connectivity index (χ3v) is 4.45. The lowest BCUT2D eigenvalue weighted by atomic mass is 10.1. The number of piperidine rings is 1. The highest BCUT2D eigenvalue weighted by molar-refractivity contribution is 9.10. The summed E-state index contributed by atoms with van der Waals surface area (Å²) in [5.74, 6) is 0.431. The maximum absolute atomic E-state index is 12.5. The maximum Gasteiger partial charge on any atom is 0.272 e. The first-order chi connectivity index (χ1) is 11.1. The third-order valence-electron chi connectivity index (χ3n) is 3.95. The normalized spacial score (nSPS) is 14.6. The van der Waals surface area contributed by atoms with Crippen LogP contribution in [0.5, 0.6) is 0 Å². The van der Waals surface area contributed by atoms with Gasteiger partial charge >= 0.3 is 0 Å². The second kappa shape index (κ2) is 7.08. The van der Waals surface area contributed by atoms with Gasteiger partial charge in [0.05, 0.1) is 0 Å². The smallest absolute Gasteiger partial charge is 0.272 e. The number of anilines is 2. The van der Waals surface area contributed by atoms with Gasteiger partial charge in [-0.05, 0) is 56.0 Å². The molecule has 1 aliphatic heterocycles. The Hall–Kier alpha value is -1.95. The lowest BCUT2D eigenvalue weighted by Gasteiger charge is -2.26. The number of nitrogens with zero attached hydrogens (tertiary/aromatic N) is 3. The Balaban J connectivity index is 1.78. The van der Waals surface area contributed by atoms with E-state index in [4.69, 9.17) is 0 Å². The summed E-state index contributed by atoms with van der Waals surface area (Å²) in [5, 5.41) is 3.18. The van der Waals surface area contributed by atoms with Crippen molar-refractivity contribution in [3.05, 3.63) is 46.2 Å². The summed E-state index contributed by atoms with van der Waals surface area (Å²) in [5.41, 5.74) is 2.45. The molecule has 0 aliphatic carbocycles. The molecule has 1 amide bonds. The lowest BCUT2D eigenvalue weighted by molar-refractivity contribution is 0.0718. The van der Waals surface area contributed by atoms with Crippen molar-refractivity contribution in [2.45, 2.75) is 26.2 Å². The fourth-order valence-electron chi connectivity index (χ4n) is 2.68. The van der Waals surface area contributed by atoms with Gasteiger partial charge in [-0.1, -0.05) is 15.9 Å². The van der Waals surface area contributed by atoms with E-state index in [9.17, 15) is 4.79 Å². The van der Waals surface area contributed by atoms with Gasteiger partial charge in [-0.25, -0.2) is 9.97 Å². The van der Waals surface area contributed by atoms with E-state index >= 15 is 0 Å². The highest BCUT2D eigenvalue weighted by Gasteiger charge is 2.19. The average Bonchev–Trinajstić information content (AvgIpc) is 2.58. The van der Waals surface area contributed by atoms with Gasteiger partial charge in [0, 0.05) is 29.4 Å². The summed E-state index contributed by atoms with van der Waals surface area (Å²) >= 11 is 3.45. The highest BCUT2D eigenvalue weighted by atomic mass is 79.9. The van der Waals surface area contributed by atoms with Gasteiger partial charge in [0.15, 0.2) is 0 Å². The van der Waals surface area contributed by atoms with E-state index in [1.807, 2.05) is 30.0 Å². The molecular formula is C17H19BrN4O. The largest absolute Gasteiger partial charge is 0.337 e. The minimum Gasteiger partial charge on any atom is -0.337 e. The molecule has 2 heterocycles. The Morgan fingerprint density at radius 3 is 2.74 bits per heavy atom. The summed E-state index contributed by atoms with van der Waals surface area (Å²) in [6, 6.07) is 7.61. The van der Waals surface area contributed by atoms with Gasteiger partial charge in [0.1, 0.15) is 5.69 Å². The molecule has 5 nitrogen and oxygen atoms in total. The van der Waals surface area contributed by atoms with E-state index in [1.165, 1.54) is 6.42 Å². The Morgan fingerprint density at radius 1 is 1.22 bits per heavy atom. The Morgan fingerprint density at radius 2 is 2.00 bits per heavy atom. The van der Waals surface area contributed by atoms with Gasteiger partial charge in [0.25, 0.3) is 5.91 Å². The van der Waals surface area contributed by atoms with Crippen LogP contribution in [0.1, 0.15) is 35.3 Å². The molecule has 0 atom stereocenters. The van der Waals surface area contributed by atoms with Crippen molar-refractivity contribution < 1.29 is 4.79 Å². The van der Waals surface area contributed by atoms with Crippen molar-refractivity contribution >= 4 is 33.5 Å². The van der Waals surface area contributed by atoms with Gasteiger partial charge in [-0.2, -0.15) is 0 Å². The molecule has 23 heavy (non-hydrogen) atoms. The number of aromatic nitrogens is 2. The zero-order valence-electron chi connectivity index (χ0n) is 13.1. The van der Waals surface area contributed by atoms with E-state index in [0.717, 1.165) is 41.7 Å². The molecular weight excluding hydrogens is 356 g/mol. The van der Waals surface area contributed by atoms with Crippen molar-refractivity contribution in [1.29, 1.82) is 0 Å². The minimum atomic E-state index is -0.0114. The molecule has 0 saturated carbocycles. The molecule has 1 aliphatic rings. The van der Waals surface area contributed by atoms with Crippen molar-refractivity contribution in [2.24, 2.45) is 0 Å². The number of aryl methyl sites for hydroxylation is 1. The summed E-state index contributed by atoms with van der Waals surface area (Å²) in [4.78, 5) is 23.0. The Bertz CT molecular complexity index is 713. The molecule has 1 fully saturated rings. The molecule has 1 aromatic carbocycles. The summed E-state index contributed by atoms with van der Waals surface area (Å²) in [6.45, 7) is 3.64. The second-order valence-electron chi connectivity index (χ2n) is 5.70. The van der Waals surface area contributed by atoms with Crippen LogP contribution in [0.25, 0.3) is 0 Å². The molecule has 0 bridgehead atoms. The number of benzene rings is 1. The van der Waals surface area contributed by atoms with E-state index in [2.05, 4.69) is 31.2 Å². The van der Waals surface area contributed by atoms with Gasteiger partial charge < -0.3 is 10.2 Å². The lowest BCUT2D eigenvalue weighted by Crippen LogP contribution is -2.36. The van der Waals surface area contributed by atoms with Crippen LogP contribution in [0.3, 0.4) is 0 Å². The van der Waals surface area contributed by atoms with E-state index < -0.39 is 0 Å². The van der Waals surface area contributed by atoms with Crippen LogP contribution in [0.4, 0.5) is 11.6 Å². The van der Waals surface area contributed by atoms with Crippen molar-refractivity contribution in [2.75, 3.05) is 18.4 Å².